The number of hydrogen-bond donors (Lipinski definition) is 1. The van der Waals surface area contributed by atoms with Crippen molar-refractivity contribution in [1.82, 2.24) is 10.2 Å². The van der Waals surface area contributed by atoms with Gasteiger partial charge in [0.2, 0.25) is 0 Å². The Balaban J connectivity index is 1.39. The van der Waals surface area contributed by atoms with Gasteiger partial charge in [0.05, 0.1) is 11.6 Å². The van der Waals surface area contributed by atoms with Crippen molar-refractivity contribution in [3.63, 3.8) is 0 Å². The van der Waals surface area contributed by atoms with E-state index in [1.165, 1.54) is 16.3 Å². The number of rotatable bonds is 10. The summed E-state index contributed by atoms with van der Waals surface area (Å²) in [5.41, 5.74) is 3.12. The zero-order chi connectivity index (χ0) is 29.5. The van der Waals surface area contributed by atoms with Crippen molar-refractivity contribution in [2.24, 2.45) is 0 Å². The van der Waals surface area contributed by atoms with Crippen LogP contribution in [0.4, 0.5) is 0 Å². The van der Waals surface area contributed by atoms with Gasteiger partial charge in [0.15, 0.2) is 0 Å². The largest absolute Gasteiger partial charge is 0.489 e. The average Bonchev–Trinajstić information content (AvgIpc) is 3.04. The summed E-state index contributed by atoms with van der Waals surface area (Å²) in [7, 11) is 2.02. The maximum atomic E-state index is 13.5. The third kappa shape index (κ3) is 6.69. The highest BCUT2D eigenvalue weighted by Crippen LogP contribution is 2.30. The predicted molar refractivity (Wildman–Crippen MR) is 176 cm³/mol. The standard InChI is InChI=1S/C37H36N2O2S/c1-27(33-20-12-18-30-15-10-11-19-34(30)33)39(3)36(42)37(2,38-35(40)31-16-8-5-9-17-31)25-28-21-23-32(24-22-28)41-26-29-13-6-4-7-14-29/h4-24,27H,25-26H2,1-3H3,(H,38,40)/t27-,37+/m1/s1. The van der Waals surface area contributed by atoms with Gasteiger partial charge in [-0.15, -0.1) is 0 Å². The van der Waals surface area contributed by atoms with Crippen LogP contribution in [0.3, 0.4) is 0 Å². The Morgan fingerprint density at radius 1 is 0.810 bits per heavy atom. The van der Waals surface area contributed by atoms with Crippen LogP contribution < -0.4 is 10.1 Å². The normalized spacial score (nSPS) is 13.1. The molecule has 0 aliphatic carbocycles. The van der Waals surface area contributed by atoms with Gasteiger partial charge in [-0.3, -0.25) is 4.79 Å². The molecule has 0 heterocycles. The van der Waals surface area contributed by atoms with Crippen LogP contribution in [0.25, 0.3) is 10.8 Å². The summed E-state index contributed by atoms with van der Waals surface area (Å²) >= 11 is 6.19. The van der Waals surface area contributed by atoms with Crippen LogP contribution in [-0.2, 0) is 13.0 Å². The number of hydrogen-bond acceptors (Lipinski definition) is 3. The first kappa shape index (κ1) is 29.0. The Morgan fingerprint density at radius 3 is 2.14 bits per heavy atom. The minimum absolute atomic E-state index is 0.00897. The van der Waals surface area contributed by atoms with E-state index in [4.69, 9.17) is 17.0 Å². The van der Waals surface area contributed by atoms with Gasteiger partial charge in [0, 0.05) is 19.0 Å². The highest BCUT2D eigenvalue weighted by atomic mass is 32.1. The van der Waals surface area contributed by atoms with Crippen molar-refractivity contribution in [3.05, 3.63) is 150 Å². The number of thiocarbonyl (C=S) groups is 1. The zero-order valence-electron chi connectivity index (χ0n) is 24.3. The maximum absolute atomic E-state index is 13.5. The number of nitrogens with one attached hydrogen (secondary N) is 1. The Morgan fingerprint density at radius 2 is 1.43 bits per heavy atom. The van der Waals surface area contributed by atoms with Gasteiger partial charge in [-0.25, -0.2) is 0 Å². The average molecular weight is 573 g/mol. The van der Waals surface area contributed by atoms with Crippen LogP contribution in [0.2, 0.25) is 0 Å². The molecule has 0 saturated carbocycles. The second kappa shape index (κ2) is 13.0. The number of fused-ring (bicyclic) bond motifs is 1. The molecule has 5 heteroatoms. The van der Waals surface area contributed by atoms with Crippen molar-refractivity contribution in [3.8, 4) is 5.75 Å². The maximum Gasteiger partial charge on any atom is 0.252 e. The molecule has 1 N–H and O–H groups in total. The van der Waals surface area contributed by atoms with Crippen molar-refractivity contribution in [2.45, 2.75) is 38.5 Å². The number of nitrogens with zero attached hydrogens (tertiary/aromatic N) is 1. The van der Waals surface area contributed by atoms with E-state index in [-0.39, 0.29) is 11.9 Å². The van der Waals surface area contributed by atoms with E-state index < -0.39 is 5.54 Å². The number of ether oxygens (including phenoxy) is 1. The number of benzene rings is 5. The molecule has 0 spiro atoms. The van der Waals surface area contributed by atoms with Gasteiger partial charge >= 0.3 is 0 Å². The molecule has 0 saturated heterocycles. The summed E-state index contributed by atoms with van der Waals surface area (Å²) in [6, 6.07) is 42.2. The van der Waals surface area contributed by atoms with Crippen molar-refractivity contribution >= 4 is 33.9 Å². The molecular weight excluding hydrogens is 536 g/mol. The van der Waals surface area contributed by atoms with Gasteiger partial charge < -0.3 is 15.0 Å². The summed E-state index contributed by atoms with van der Waals surface area (Å²) in [6.07, 6.45) is 0.524. The van der Waals surface area contributed by atoms with E-state index >= 15 is 0 Å². The second-order valence-corrected chi connectivity index (χ2v) is 11.3. The zero-order valence-corrected chi connectivity index (χ0v) is 25.1. The van der Waals surface area contributed by atoms with Crippen LogP contribution in [0, 0.1) is 0 Å². The Bertz CT molecular complexity index is 1650. The SMILES string of the molecule is C[C@H](c1cccc2ccccc12)N(C)C(=S)[C@](C)(Cc1ccc(OCc2ccccc2)cc1)NC(=O)c1ccccc1. The first-order chi connectivity index (χ1) is 20.3. The van der Waals surface area contributed by atoms with Gasteiger partial charge in [0.1, 0.15) is 17.3 Å². The van der Waals surface area contributed by atoms with E-state index in [9.17, 15) is 4.79 Å². The molecule has 5 aromatic carbocycles. The van der Waals surface area contributed by atoms with E-state index in [0.29, 0.717) is 23.6 Å². The molecule has 1 amide bonds. The lowest BCUT2D eigenvalue weighted by Crippen LogP contribution is -2.58. The predicted octanol–water partition coefficient (Wildman–Crippen LogP) is 8.17. The fourth-order valence-electron chi connectivity index (χ4n) is 5.33. The molecule has 0 aliphatic heterocycles. The molecule has 2 atom stereocenters. The van der Waals surface area contributed by atoms with Crippen LogP contribution in [-0.4, -0.2) is 28.4 Å². The lowest BCUT2D eigenvalue weighted by Gasteiger charge is -2.39. The molecule has 0 aromatic heterocycles. The molecule has 4 nitrogen and oxygen atoms in total. The number of likely N-dealkylation sites (N-methyl/N-ethyl adjacent to an activating group) is 1. The van der Waals surface area contributed by atoms with E-state index in [0.717, 1.165) is 16.9 Å². The Kier molecular flexibility index (Phi) is 8.99. The summed E-state index contributed by atoms with van der Waals surface area (Å²) in [6.45, 7) is 4.68. The van der Waals surface area contributed by atoms with Crippen LogP contribution >= 0.6 is 12.2 Å². The molecule has 0 bridgehead atoms. The molecule has 0 radical (unpaired) electrons. The number of amides is 1. The lowest BCUT2D eigenvalue weighted by atomic mass is 9.90. The molecule has 5 rings (SSSR count). The molecular formula is C37H36N2O2S. The van der Waals surface area contributed by atoms with Gasteiger partial charge in [0.25, 0.3) is 5.91 Å². The van der Waals surface area contributed by atoms with E-state index in [1.54, 1.807) is 0 Å². The molecule has 0 unspecified atom stereocenters. The van der Waals surface area contributed by atoms with Gasteiger partial charge in [-0.05, 0) is 65.6 Å². The monoisotopic (exact) mass is 572 g/mol. The quantitative estimate of drug-likeness (QED) is 0.171. The lowest BCUT2D eigenvalue weighted by molar-refractivity contribution is 0.0924. The minimum atomic E-state index is -0.831. The fourth-order valence-corrected chi connectivity index (χ4v) is 5.61. The topological polar surface area (TPSA) is 41.6 Å². The van der Waals surface area contributed by atoms with E-state index in [1.807, 2.05) is 98.9 Å². The van der Waals surface area contributed by atoms with Crippen LogP contribution in [0.5, 0.6) is 5.75 Å². The Labute approximate surface area is 254 Å². The number of carbonyl (C=O) groups is 1. The molecule has 0 fully saturated rings. The highest BCUT2D eigenvalue weighted by molar-refractivity contribution is 7.80. The summed E-state index contributed by atoms with van der Waals surface area (Å²) < 4.78 is 6.00. The minimum Gasteiger partial charge on any atom is -0.489 e. The molecule has 42 heavy (non-hydrogen) atoms. The molecule has 212 valence electrons. The number of carbonyl (C=O) groups excluding carboxylic acids is 1. The second-order valence-electron chi connectivity index (χ2n) is 10.9. The fraction of sp³-hybridized carbons (Fsp3) is 0.189. The first-order valence-electron chi connectivity index (χ1n) is 14.2. The van der Waals surface area contributed by atoms with Gasteiger partial charge in [-0.2, -0.15) is 0 Å². The van der Waals surface area contributed by atoms with Crippen molar-refractivity contribution < 1.29 is 9.53 Å². The third-order valence-electron chi connectivity index (χ3n) is 7.80. The Hall–Kier alpha value is -4.48. The van der Waals surface area contributed by atoms with Gasteiger partial charge in [-0.1, -0.05) is 115 Å². The van der Waals surface area contributed by atoms with Crippen LogP contribution in [0.1, 0.15) is 46.9 Å². The molecule has 0 aliphatic rings. The highest BCUT2D eigenvalue weighted by Gasteiger charge is 2.36. The summed E-state index contributed by atoms with van der Waals surface area (Å²) in [5.74, 6) is 0.636. The van der Waals surface area contributed by atoms with Crippen molar-refractivity contribution in [1.29, 1.82) is 0 Å². The third-order valence-corrected chi connectivity index (χ3v) is 8.54. The molecule has 5 aromatic rings. The van der Waals surface area contributed by atoms with Crippen molar-refractivity contribution in [2.75, 3.05) is 7.05 Å². The first-order valence-corrected chi connectivity index (χ1v) is 14.6. The van der Waals surface area contributed by atoms with E-state index in [2.05, 4.69) is 59.6 Å². The van der Waals surface area contributed by atoms with Crippen LogP contribution in [0.15, 0.2) is 127 Å². The summed E-state index contributed by atoms with van der Waals surface area (Å²) in [4.78, 5) is 16.2. The smallest absolute Gasteiger partial charge is 0.252 e. The summed E-state index contributed by atoms with van der Waals surface area (Å²) in [5, 5.41) is 5.68.